The number of halogens is 1. The zero-order valence-corrected chi connectivity index (χ0v) is 15.6. The van der Waals surface area contributed by atoms with Crippen molar-refractivity contribution in [1.82, 2.24) is 0 Å². The van der Waals surface area contributed by atoms with E-state index in [4.69, 9.17) is 14.2 Å². The zero-order chi connectivity index (χ0) is 18.7. The van der Waals surface area contributed by atoms with Crippen LogP contribution >= 0.6 is 15.9 Å². The number of ether oxygens (including phenoxy) is 3. The summed E-state index contributed by atoms with van der Waals surface area (Å²) in [6.45, 7) is 1.31. The first-order valence-corrected chi connectivity index (χ1v) is 8.41. The maximum Gasteiger partial charge on any atom is 0.363 e. The van der Waals surface area contributed by atoms with E-state index in [1.54, 1.807) is 30.3 Å². The highest BCUT2D eigenvalue weighted by atomic mass is 79.9. The fourth-order valence-electron chi connectivity index (χ4n) is 2.33. The Morgan fingerprint density at radius 3 is 2.65 bits per heavy atom. The molecule has 0 radical (unpaired) electrons. The molecule has 3 rings (SSSR count). The molecule has 1 aliphatic rings. The summed E-state index contributed by atoms with van der Waals surface area (Å²) in [4.78, 5) is 27.5. The summed E-state index contributed by atoms with van der Waals surface area (Å²) in [5, 5.41) is 0. The van der Waals surface area contributed by atoms with Gasteiger partial charge in [-0.05, 0) is 51.8 Å². The fraction of sp³-hybridized carbons (Fsp3) is 0.105. The van der Waals surface area contributed by atoms with Crippen molar-refractivity contribution in [2.75, 3.05) is 7.11 Å². The second kappa shape index (κ2) is 7.53. The molecule has 0 aliphatic carbocycles. The van der Waals surface area contributed by atoms with Gasteiger partial charge in [0.2, 0.25) is 5.90 Å². The summed E-state index contributed by atoms with van der Waals surface area (Å²) in [5.41, 5.74) is 1.51. The molecule has 1 heterocycles. The Morgan fingerprint density at radius 2 is 1.96 bits per heavy atom. The molecule has 0 N–H and O–H groups in total. The molecule has 7 heteroatoms. The van der Waals surface area contributed by atoms with Gasteiger partial charge in [0, 0.05) is 11.4 Å². The van der Waals surface area contributed by atoms with Crippen LogP contribution in [0.3, 0.4) is 0 Å². The molecule has 0 fully saturated rings. The highest BCUT2D eigenvalue weighted by molar-refractivity contribution is 9.10. The molecule has 0 unspecified atom stereocenters. The molecule has 0 aromatic heterocycles. The molecular formula is C19H14BrNO5. The van der Waals surface area contributed by atoms with E-state index in [9.17, 15) is 9.59 Å². The molecule has 0 atom stereocenters. The summed E-state index contributed by atoms with van der Waals surface area (Å²) in [6, 6.07) is 12.3. The van der Waals surface area contributed by atoms with Gasteiger partial charge in [-0.25, -0.2) is 9.79 Å². The minimum atomic E-state index is -0.543. The largest absolute Gasteiger partial charge is 0.493 e. The third-order valence-electron chi connectivity index (χ3n) is 3.47. The predicted octanol–water partition coefficient (Wildman–Crippen LogP) is 3.73. The molecule has 6 nitrogen and oxygen atoms in total. The average molecular weight is 416 g/mol. The van der Waals surface area contributed by atoms with Crippen LogP contribution in [0.2, 0.25) is 0 Å². The van der Waals surface area contributed by atoms with Crippen LogP contribution < -0.4 is 9.47 Å². The van der Waals surface area contributed by atoms with Crippen molar-refractivity contribution in [1.29, 1.82) is 0 Å². The number of hydrogen-bond donors (Lipinski definition) is 0. The third-order valence-corrected chi connectivity index (χ3v) is 4.16. The molecule has 2 aromatic carbocycles. The van der Waals surface area contributed by atoms with E-state index in [0.29, 0.717) is 22.6 Å². The van der Waals surface area contributed by atoms with Crippen LogP contribution in [0, 0.1) is 0 Å². The molecule has 0 spiro atoms. The van der Waals surface area contributed by atoms with Gasteiger partial charge in [0.25, 0.3) is 0 Å². The van der Waals surface area contributed by atoms with Crippen molar-refractivity contribution in [3.8, 4) is 11.5 Å². The molecule has 1 aliphatic heterocycles. The van der Waals surface area contributed by atoms with Crippen LogP contribution in [-0.4, -0.2) is 24.9 Å². The number of nitrogens with zero attached hydrogens (tertiary/aromatic N) is 1. The minimum Gasteiger partial charge on any atom is -0.493 e. The Balaban J connectivity index is 1.93. The molecule has 2 aromatic rings. The number of esters is 2. The standard InChI is InChI=1S/C19H14BrNO5/c1-11(22)25-16-8-7-12(10-17(16)24-2)9-15-19(23)26-18(21-15)13-5-3-4-6-14(13)20/h3-10H,1-2H3. The summed E-state index contributed by atoms with van der Waals surface area (Å²) < 4.78 is 16.3. The molecular weight excluding hydrogens is 402 g/mol. The molecule has 26 heavy (non-hydrogen) atoms. The quantitative estimate of drug-likeness (QED) is 0.432. The Hall–Kier alpha value is -2.93. The van der Waals surface area contributed by atoms with Crippen molar-refractivity contribution in [2.45, 2.75) is 6.92 Å². The maximum atomic E-state index is 12.1. The van der Waals surface area contributed by atoms with E-state index in [1.807, 2.05) is 18.2 Å². The van der Waals surface area contributed by atoms with Crippen molar-refractivity contribution in [2.24, 2.45) is 4.99 Å². The molecule has 0 amide bonds. The number of cyclic esters (lactones) is 1. The van der Waals surface area contributed by atoms with Crippen molar-refractivity contribution in [3.05, 3.63) is 63.8 Å². The first-order chi connectivity index (χ1) is 12.5. The molecule has 0 saturated heterocycles. The van der Waals surface area contributed by atoms with E-state index in [2.05, 4.69) is 20.9 Å². The minimum absolute atomic E-state index is 0.165. The smallest absolute Gasteiger partial charge is 0.363 e. The van der Waals surface area contributed by atoms with Gasteiger partial charge in [-0.15, -0.1) is 0 Å². The van der Waals surface area contributed by atoms with E-state index < -0.39 is 11.9 Å². The Labute approximate surface area is 158 Å². The lowest BCUT2D eigenvalue weighted by Gasteiger charge is -2.08. The van der Waals surface area contributed by atoms with Crippen LogP contribution in [0.25, 0.3) is 6.08 Å². The van der Waals surface area contributed by atoms with E-state index in [-0.39, 0.29) is 11.6 Å². The third kappa shape index (κ3) is 3.83. The number of carbonyl (C=O) groups excluding carboxylic acids is 2. The van der Waals surface area contributed by atoms with E-state index in [0.717, 1.165) is 4.47 Å². The van der Waals surface area contributed by atoms with Crippen LogP contribution in [0.1, 0.15) is 18.1 Å². The number of rotatable bonds is 4. The topological polar surface area (TPSA) is 74.2 Å². The Bertz CT molecular complexity index is 949. The summed E-state index contributed by atoms with van der Waals surface area (Å²) in [7, 11) is 1.46. The first kappa shape index (κ1) is 17.9. The summed E-state index contributed by atoms with van der Waals surface area (Å²) in [6.07, 6.45) is 1.58. The number of hydrogen-bond acceptors (Lipinski definition) is 6. The van der Waals surface area contributed by atoms with Gasteiger partial charge in [-0.1, -0.05) is 18.2 Å². The number of carbonyl (C=O) groups is 2. The van der Waals surface area contributed by atoms with E-state index >= 15 is 0 Å². The average Bonchev–Trinajstić information content (AvgIpc) is 2.96. The molecule has 0 bridgehead atoms. The highest BCUT2D eigenvalue weighted by Gasteiger charge is 2.25. The van der Waals surface area contributed by atoms with Gasteiger partial charge in [0.05, 0.1) is 12.7 Å². The lowest BCUT2D eigenvalue weighted by molar-refractivity contribution is -0.132. The number of methoxy groups -OCH3 is 1. The van der Waals surface area contributed by atoms with Crippen molar-refractivity contribution < 1.29 is 23.8 Å². The van der Waals surface area contributed by atoms with Crippen LogP contribution in [-0.2, 0) is 14.3 Å². The Kier molecular flexibility index (Phi) is 5.18. The molecule has 132 valence electrons. The van der Waals surface area contributed by atoms with Gasteiger partial charge in [0.1, 0.15) is 0 Å². The molecule has 0 saturated carbocycles. The first-order valence-electron chi connectivity index (χ1n) is 7.62. The highest BCUT2D eigenvalue weighted by Crippen LogP contribution is 2.30. The zero-order valence-electron chi connectivity index (χ0n) is 14.0. The lowest BCUT2D eigenvalue weighted by atomic mass is 10.1. The van der Waals surface area contributed by atoms with Crippen LogP contribution in [0.15, 0.2) is 57.6 Å². The second-order valence-corrected chi connectivity index (χ2v) is 6.17. The van der Waals surface area contributed by atoms with Crippen molar-refractivity contribution >= 4 is 39.8 Å². The number of benzene rings is 2. The summed E-state index contributed by atoms with van der Waals surface area (Å²) >= 11 is 3.41. The second-order valence-electron chi connectivity index (χ2n) is 5.32. The monoisotopic (exact) mass is 415 g/mol. The van der Waals surface area contributed by atoms with E-state index in [1.165, 1.54) is 14.0 Å². The maximum absolute atomic E-state index is 12.1. The normalized spacial score (nSPS) is 14.8. The Morgan fingerprint density at radius 1 is 1.19 bits per heavy atom. The van der Waals surface area contributed by atoms with Gasteiger partial charge in [-0.3, -0.25) is 4.79 Å². The van der Waals surface area contributed by atoms with Crippen molar-refractivity contribution in [3.63, 3.8) is 0 Å². The van der Waals surface area contributed by atoms with Gasteiger partial charge >= 0.3 is 11.9 Å². The van der Waals surface area contributed by atoms with Gasteiger partial charge in [0.15, 0.2) is 17.2 Å². The van der Waals surface area contributed by atoms with Crippen LogP contribution in [0.5, 0.6) is 11.5 Å². The lowest BCUT2D eigenvalue weighted by Crippen LogP contribution is -2.05. The number of aliphatic imine (C=N–C) groups is 1. The SMILES string of the molecule is COc1cc(C=C2N=C(c3ccccc3Br)OC2=O)ccc1OC(C)=O. The summed E-state index contributed by atoms with van der Waals surface area (Å²) in [5.74, 6) is -0.0862. The predicted molar refractivity (Wildman–Crippen MR) is 99.1 cm³/mol. The van der Waals surface area contributed by atoms with Crippen LogP contribution in [0.4, 0.5) is 0 Å². The van der Waals surface area contributed by atoms with Gasteiger partial charge in [-0.2, -0.15) is 0 Å². The fourth-order valence-corrected chi connectivity index (χ4v) is 2.78. The van der Waals surface area contributed by atoms with Gasteiger partial charge < -0.3 is 14.2 Å².